The summed E-state index contributed by atoms with van der Waals surface area (Å²) in [4.78, 5) is 28.5. The summed E-state index contributed by atoms with van der Waals surface area (Å²) in [5.41, 5.74) is -0.490. The zero-order valence-electron chi connectivity index (χ0n) is 14.7. The van der Waals surface area contributed by atoms with Crippen molar-refractivity contribution in [2.75, 3.05) is 0 Å². The molecular weight excluding hydrogens is 306 g/mol. The fraction of sp³-hybridized carbons (Fsp3) is 0.526. The summed E-state index contributed by atoms with van der Waals surface area (Å²) in [7, 11) is 0. The van der Waals surface area contributed by atoms with Crippen molar-refractivity contribution in [2.24, 2.45) is 10.9 Å². The van der Waals surface area contributed by atoms with Crippen molar-refractivity contribution in [3.8, 4) is 0 Å². The molecule has 130 valence electrons. The molecule has 0 unspecified atom stereocenters. The van der Waals surface area contributed by atoms with Crippen LogP contribution in [-0.4, -0.2) is 29.5 Å². The molecule has 5 nitrogen and oxygen atoms in total. The number of unbranched alkanes of at least 4 members (excludes halogenated alkanes) is 1. The second-order valence-electron chi connectivity index (χ2n) is 6.46. The first kappa shape index (κ1) is 18.2. The maximum atomic E-state index is 12.8. The van der Waals surface area contributed by atoms with Gasteiger partial charge < -0.3 is 9.47 Å². The lowest BCUT2D eigenvalue weighted by atomic mass is 9.83. The van der Waals surface area contributed by atoms with Gasteiger partial charge in [-0.05, 0) is 24.5 Å². The Bertz CT molecular complexity index is 624. The Morgan fingerprint density at radius 3 is 2.50 bits per heavy atom. The van der Waals surface area contributed by atoms with Gasteiger partial charge in [-0.3, -0.25) is 9.59 Å². The van der Waals surface area contributed by atoms with Gasteiger partial charge in [0.15, 0.2) is 6.10 Å². The molecule has 0 aliphatic carbocycles. The first-order chi connectivity index (χ1) is 11.4. The molecule has 1 aliphatic heterocycles. The van der Waals surface area contributed by atoms with Crippen LogP contribution in [0.2, 0.25) is 0 Å². The van der Waals surface area contributed by atoms with Crippen molar-refractivity contribution in [3.63, 3.8) is 0 Å². The van der Waals surface area contributed by atoms with E-state index < -0.39 is 17.7 Å². The van der Waals surface area contributed by atoms with Crippen molar-refractivity contribution in [2.45, 2.75) is 58.7 Å². The smallest absolute Gasteiger partial charge is 0.303 e. The Labute approximate surface area is 143 Å². The number of carbonyl (C=O) groups is 2. The molecule has 0 spiro atoms. The van der Waals surface area contributed by atoms with Gasteiger partial charge in [-0.2, -0.15) is 4.99 Å². The number of nitrogens with zero attached hydrogens (tertiary/aromatic N) is 1. The van der Waals surface area contributed by atoms with E-state index in [1.54, 1.807) is 0 Å². The van der Waals surface area contributed by atoms with Crippen molar-refractivity contribution in [1.29, 1.82) is 0 Å². The number of amides is 1. The van der Waals surface area contributed by atoms with Gasteiger partial charge in [-0.1, -0.05) is 45.4 Å². The number of hydrogen-bond donors (Lipinski definition) is 0. The lowest BCUT2D eigenvalue weighted by Crippen LogP contribution is -2.53. The number of carbonyl (C=O) groups excluding carboxylic acids is 2. The fourth-order valence-corrected chi connectivity index (χ4v) is 3.00. The molecule has 0 radical (unpaired) electrons. The topological polar surface area (TPSA) is 65.0 Å². The quantitative estimate of drug-likeness (QED) is 0.717. The van der Waals surface area contributed by atoms with Crippen LogP contribution in [0.4, 0.5) is 0 Å². The molecule has 0 N–H and O–H groups in total. The summed E-state index contributed by atoms with van der Waals surface area (Å²) in [5, 5.41) is 0. The molecule has 1 aliphatic rings. The lowest BCUT2D eigenvalue weighted by molar-refractivity contribution is -0.170. The van der Waals surface area contributed by atoms with Gasteiger partial charge in [0.1, 0.15) is 0 Å². The summed E-state index contributed by atoms with van der Waals surface area (Å²) < 4.78 is 11.6. The maximum absolute atomic E-state index is 12.8. The highest BCUT2D eigenvalue weighted by atomic mass is 16.6. The second kappa shape index (κ2) is 7.60. The Balaban J connectivity index is 2.38. The summed E-state index contributed by atoms with van der Waals surface area (Å²) in [6.45, 7) is 7.22. The fourth-order valence-electron chi connectivity index (χ4n) is 3.00. The van der Waals surface area contributed by atoms with Gasteiger partial charge in [0.2, 0.25) is 11.5 Å². The van der Waals surface area contributed by atoms with Crippen LogP contribution in [0, 0.1) is 5.92 Å². The SMILES string of the molecule is CCCC[C@]1([C@@H](OC(C)=O)C(C)C)OC(c2ccccc2)=NC1=O. The van der Waals surface area contributed by atoms with Crippen LogP contribution in [0.5, 0.6) is 0 Å². The van der Waals surface area contributed by atoms with Gasteiger partial charge >= 0.3 is 5.97 Å². The van der Waals surface area contributed by atoms with Crippen molar-refractivity contribution in [3.05, 3.63) is 35.9 Å². The molecule has 1 aromatic rings. The first-order valence-electron chi connectivity index (χ1n) is 8.45. The third-order valence-corrected chi connectivity index (χ3v) is 4.12. The van der Waals surface area contributed by atoms with Crippen molar-refractivity contribution in [1.82, 2.24) is 0 Å². The molecule has 24 heavy (non-hydrogen) atoms. The van der Waals surface area contributed by atoms with E-state index in [0.29, 0.717) is 12.3 Å². The molecule has 2 atom stereocenters. The van der Waals surface area contributed by atoms with Gasteiger partial charge in [0, 0.05) is 18.9 Å². The number of rotatable bonds is 7. The number of aliphatic imine (C=N–C) groups is 1. The molecule has 1 amide bonds. The zero-order valence-corrected chi connectivity index (χ0v) is 14.7. The largest absolute Gasteiger partial charge is 0.457 e. The van der Waals surface area contributed by atoms with Crippen molar-refractivity contribution >= 4 is 17.8 Å². The Morgan fingerprint density at radius 1 is 1.29 bits per heavy atom. The maximum Gasteiger partial charge on any atom is 0.303 e. The molecular formula is C19H25NO4. The Hall–Kier alpha value is -2.17. The van der Waals surface area contributed by atoms with E-state index in [0.717, 1.165) is 18.4 Å². The molecule has 2 rings (SSSR count). The highest BCUT2D eigenvalue weighted by molar-refractivity contribution is 6.09. The Morgan fingerprint density at radius 2 is 1.96 bits per heavy atom. The van der Waals surface area contributed by atoms with E-state index >= 15 is 0 Å². The van der Waals surface area contributed by atoms with Crippen LogP contribution in [0.1, 0.15) is 52.5 Å². The number of ether oxygens (including phenoxy) is 2. The highest BCUT2D eigenvalue weighted by Gasteiger charge is 2.55. The van der Waals surface area contributed by atoms with Crippen LogP contribution in [0.3, 0.4) is 0 Å². The number of hydrogen-bond acceptors (Lipinski definition) is 4. The minimum absolute atomic E-state index is 0.0694. The van der Waals surface area contributed by atoms with Crippen LogP contribution < -0.4 is 0 Å². The summed E-state index contributed by atoms with van der Waals surface area (Å²) in [6.07, 6.45) is 1.50. The number of esters is 1. The van der Waals surface area contributed by atoms with E-state index in [9.17, 15) is 9.59 Å². The highest BCUT2D eigenvalue weighted by Crippen LogP contribution is 2.36. The van der Waals surface area contributed by atoms with Gasteiger partial charge in [0.05, 0.1) is 0 Å². The minimum Gasteiger partial charge on any atom is -0.457 e. The third-order valence-electron chi connectivity index (χ3n) is 4.12. The summed E-state index contributed by atoms with van der Waals surface area (Å²) in [6, 6.07) is 9.31. The standard InChI is InChI=1S/C19H25NO4/c1-5-6-12-19(16(13(2)3)23-14(4)21)18(22)20-17(24-19)15-10-8-7-9-11-15/h7-11,13,16H,5-6,12H2,1-4H3/t16-,19+/m0/s1. The molecule has 0 saturated heterocycles. The molecule has 5 heteroatoms. The monoisotopic (exact) mass is 331 g/mol. The third kappa shape index (κ3) is 3.66. The zero-order chi connectivity index (χ0) is 17.7. The average molecular weight is 331 g/mol. The van der Waals surface area contributed by atoms with E-state index in [1.807, 2.05) is 51.1 Å². The minimum atomic E-state index is -1.24. The average Bonchev–Trinajstić information content (AvgIpc) is 2.89. The van der Waals surface area contributed by atoms with Crippen LogP contribution >= 0.6 is 0 Å². The van der Waals surface area contributed by atoms with E-state index in [4.69, 9.17) is 9.47 Å². The molecule has 0 saturated carbocycles. The van der Waals surface area contributed by atoms with E-state index in [1.165, 1.54) is 6.92 Å². The van der Waals surface area contributed by atoms with Gasteiger partial charge in [-0.15, -0.1) is 0 Å². The van der Waals surface area contributed by atoms with E-state index in [-0.39, 0.29) is 11.8 Å². The molecule has 1 aromatic carbocycles. The summed E-state index contributed by atoms with van der Waals surface area (Å²) >= 11 is 0. The van der Waals surface area contributed by atoms with E-state index in [2.05, 4.69) is 4.99 Å². The Kier molecular flexibility index (Phi) is 5.75. The number of benzene rings is 1. The second-order valence-corrected chi connectivity index (χ2v) is 6.46. The molecule has 1 heterocycles. The predicted octanol–water partition coefficient (Wildman–Crippen LogP) is 3.51. The lowest BCUT2D eigenvalue weighted by Gasteiger charge is -2.36. The predicted molar refractivity (Wildman–Crippen MR) is 91.7 cm³/mol. The van der Waals surface area contributed by atoms with Crippen LogP contribution in [0.25, 0.3) is 0 Å². The first-order valence-corrected chi connectivity index (χ1v) is 8.45. The van der Waals surface area contributed by atoms with Crippen LogP contribution in [-0.2, 0) is 19.1 Å². The van der Waals surface area contributed by atoms with Gasteiger partial charge in [0.25, 0.3) is 5.91 Å². The molecule has 0 aromatic heterocycles. The van der Waals surface area contributed by atoms with Crippen molar-refractivity contribution < 1.29 is 19.1 Å². The van der Waals surface area contributed by atoms with Gasteiger partial charge in [-0.25, -0.2) is 0 Å². The molecule has 0 fully saturated rings. The normalized spacial score (nSPS) is 21.4. The molecule has 0 bridgehead atoms. The van der Waals surface area contributed by atoms with Crippen LogP contribution in [0.15, 0.2) is 35.3 Å². The summed E-state index contributed by atoms with van der Waals surface area (Å²) in [5.74, 6) is -0.557.